The molecule has 0 saturated heterocycles. The summed E-state index contributed by atoms with van der Waals surface area (Å²) in [5.74, 6) is 2.57. The van der Waals surface area contributed by atoms with Gasteiger partial charge in [-0.3, -0.25) is 9.55 Å². The molecule has 11 aromatic carbocycles. The Morgan fingerprint density at radius 1 is 0.329 bits per heavy atom. The van der Waals surface area contributed by atoms with Crippen molar-refractivity contribution in [2.24, 2.45) is 11.8 Å². The highest BCUT2D eigenvalue weighted by Gasteiger charge is 2.47. The van der Waals surface area contributed by atoms with E-state index in [9.17, 15) is 0 Å². The first-order chi connectivity index (χ1) is 41.7. The van der Waals surface area contributed by atoms with Crippen LogP contribution in [0.4, 0.5) is 0 Å². The minimum Gasteiger partial charge on any atom is -0.273 e. The zero-order valence-electron chi connectivity index (χ0n) is 48.4. The van der Waals surface area contributed by atoms with Gasteiger partial charge < -0.3 is 0 Å². The van der Waals surface area contributed by atoms with Crippen molar-refractivity contribution >= 4 is 10.9 Å². The third-order valence-corrected chi connectivity index (χ3v) is 17.9. The Balaban J connectivity index is 0.974. The molecule has 0 atom stereocenters. The van der Waals surface area contributed by atoms with Crippen LogP contribution in [0.3, 0.4) is 0 Å². The molecule has 0 bridgehead atoms. The van der Waals surface area contributed by atoms with Crippen LogP contribution < -0.4 is 0 Å². The summed E-state index contributed by atoms with van der Waals surface area (Å²) in [6, 6.07) is 102. The van der Waals surface area contributed by atoms with Crippen molar-refractivity contribution in [2.75, 3.05) is 0 Å². The molecule has 0 aliphatic heterocycles. The van der Waals surface area contributed by atoms with Crippen LogP contribution in [0.15, 0.2) is 279 Å². The standard InChI is InChI=1S/C81H64N4/c1-53(2)44-55-36-40-64(41-37-55)80(73-31-13-9-27-69(73)70-28-10-14-32-74(70)80)66-25-18-23-58(49-66)61-46-62(48-63(47-61)79-84-83-78(57-20-6-5-7-21-57)85(79)68-51-60-22-8-17-35-77(60)82-52-68)59-24-19-26-67(50-59)81(65-42-38-56(39-43-65)45-54(3)4)75-33-15-11-29-71(75)72-30-12-16-34-76(72)81/h5-43,46-54H,44-45H2,1-4H3. The first-order valence-corrected chi connectivity index (χ1v) is 30.1. The second kappa shape index (κ2) is 21.0. The Morgan fingerprint density at radius 3 is 1.20 bits per heavy atom. The van der Waals surface area contributed by atoms with Crippen molar-refractivity contribution in [3.63, 3.8) is 0 Å². The van der Waals surface area contributed by atoms with E-state index in [0.717, 1.165) is 74.5 Å². The van der Waals surface area contributed by atoms with E-state index in [0.29, 0.717) is 11.8 Å². The highest BCUT2D eigenvalue weighted by atomic mass is 15.3. The topological polar surface area (TPSA) is 43.6 Å². The molecule has 0 unspecified atom stereocenters. The van der Waals surface area contributed by atoms with E-state index in [-0.39, 0.29) is 0 Å². The van der Waals surface area contributed by atoms with Crippen molar-refractivity contribution in [1.82, 2.24) is 19.7 Å². The zero-order valence-corrected chi connectivity index (χ0v) is 48.4. The number of hydrogen-bond acceptors (Lipinski definition) is 3. The van der Waals surface area contributed by atoms with Crippen molar-refractivity contribution in [3.05, 3.63) is 335 Å². The predicted molar refractivity (Wildman–Crippen MR) is 350 cm³/mol. The van der Waals surface area contributed by atoms with E-state index in [4.69, 9.17) is 15.2 Å². The lowest BCUT2D eigenvalue weighted by Crippen LogP contribution is -2.28. The fourth-order valence-corrected chi connectivity index (χ4v) is 14.4. The lowest BCUT2D eigenvalue weighted by Gasteiger charge is -2.34. The van der Waals surface area contributed by atoms with Crippen molar-refractivity contribution in [1.29, 1.82) is 0 Å². The Morgan fingerprint density at radius 2 is 0.729 bits per heavy atom. The SMILES string of the molecule is CC(C)Cc1ccc(C2(c3cccc(-c4cc(-c5cccc(C6(c7ccc(CC(C)C)cc7)c7ccccc7-c7ccccc76)c5)cc(-c5nnc(-c6ccccc6)n5-c5cnc6ccccc6c5)c4)c3)c3ccccc3-c3ccccc32)cc1. The minimum absolute atomic E-state index is 0.555. The summed E-state index contributed by atoms with van der Waals surface area (Å²) in [6.45, 7) is 9.19. The fraction of sp³-hybridized carbons (Fsp3) is 0.123. The van der Waals surface area contributed by atoms with Gasteiger partial charge in [0.2, 0.25) is 0 Å². The van der Waals surface area contributed by atoms with Gasteiger partial charge in [-0.2, -0.15) is 0 Å². The second-order valence-electron chi connectivity index (χ2n) is 24.2. The molecular formula is C81H64N4. The van der Waals surface area contributed by atoms with Gasteiger partial charge in [-0.05, 0) is 167 Å². The number of benzene rings is 11. The van der Waals surface area contributed by atoms with Crippen LogP contribution >= 0.6 is 0 Å². The van der Waals surface area contributed by atoms with Gasteiger partial charge >= 0.3 is 0 Å². The highest BCUT2D eigenvalue weighted by Crippen LogP contribution is 2.58. The first-order valence-electron chi connectivity index (χ1n) is 30.1. The maximum absolute atomic E-state index is 5.19. The molecule has 2 aliphatic carbocycles. The Labute approximate surface area is 498 Å². The van der Waals surface area contributed by atoms with Crippen molar-refractivity contribution in [2.45, 2.75) is 51.4 Å². The monoisotopic (exact) mass is 1090 g/mol. The Hall–Kier alpha value is -10.0. The summed E-state index contributed by atoms with van der Waals surface area (Å²) in [5, 5.41) is 11.3. The highest BCUT2D eigenvalue weighted by molar-refractivity contribution is 5.90. The predicted octanol–water partition coefficient (Wildman–Crippen LogP) is 19.6. The molecule has 0 fully saturated rings. The zero-order chi connectivity index (χ0) is 57.2. The fourth-order valence-electron chi connectivity index (χ4n) is 14.4. The van der Waals surface area contributed by atoms with E-state index < -0.39 is 10.8 Å². The van der Waals surface area contributed by atoms with Crippen LogP contribution in [0.1, 0.15) is 83.3 Å². The molecule has 0 N–H and O–H groups in total. The molecule has 4 heteroatoms. The lowest BCUT2D eigenvalue weighted by atomic mass is 9.67. The molecule has 13 aromatic rings. The van der Waals surface area contributed by atoms with Gasteiger partial charge in [-0.25, -0.2) is 0 Å². The van der Waals surface area contributed by atoms with Crippen LogP contribution in [-0.2, 0) is 23.7 Å². The van der Waals surface area contributed by atoms with Crippen LogP contribution in [0, 0.1) is 11.8 Å². The van der Waals surface area contributed by atoms with Crippen LogP contribution in [0.5, 0.6) is 0 Å². The van der Waals surface area contributed by atoms with E-state index in [1.807, 2.05) is 18.3 Å². The Kier molecular flexibility index (Phi) is 12.8. The van der Waals surface area contributed by atoms with Gasteiger partial charge in [0, 0.05) is 16.5 Å². The Bertz CT molecular complexity index is 4350. The third-order valence-electron chi connectivity index (χ3n) is 17.9. The van der Waals surface area contributed by atoms with Gasteiger partial charge in [0.25, 0.3) is 0 Å². The largest absolute Gasteiger partial charge is 0.273 e. The van der Waals surface area contributed by atoms with Crippen molar-refractivity contribution in [3.8, 4) is 73.0 Å². The van der Waals surface area contributed by atoms with E-state index in [1.54, 1.807) is 0 Å². The minimum atomic E-state index is -0.586. The molecule has 15 rings (SSSR count). The maximum Gasteiger partial charge on any atom is 0.168 e. The normalized spacial score (nSPS) is 13.4. The number of para-hydroxylation sites is 1. The van der Waals surface area contributed by atoms with Gasteiger partial charge in [0.05, 0.1) is 28.2 Å². The first kappa shape index (κ1) is 51.8. The molecule has 4 nitrogen and oxygen atoms in total. The maximum atomic E-state index is 5.19. The summed E-state index contributed by atoms with van der Waals surface area (Å²) >= 11 is 0. The summed E-state index contributed by atoms with van der Waals surface area (Å²) in [4.78, 5) is 5.02. The van der Waals surface area contributed by atoms with Crippen LogP contribution in [0.2, 0.25) is 0 Å². The van der Waals surface area contributed by atoms with E-state index in [2.05, 4.69) is 293 Å². The summed E-state index contributed by atoms with van der Waals surface area (Å²) in [7, 11) is 0. The summed E-state index contributed by atoms with van der Waals surface area (Å²) < 4.78 is 2.19. The van der Waals surface area contributed by atoms with Gasteiger partial charge in [-0.1, -0.05) is 258 Å². The van der Waals surface area contributed by atoms with Gasteiger partial charge in [0.15, 0.2) is 11.6 Å². The molecule has 85 heavy (non-hydrogen) atoms. The number of fused-ring (bicyclic) bond motifs is 7. The van der Waals surface area contributed by atoms with Gasteiger partial charge in [0.1, 0.15) is 0 Å². The molecule has 408 valence electrons. The molecule has 2 aromatic heterocycles. The average Bonchev–Trinajstić information content (AvgIpc) is 1.92. The molecule has 2 heterocycles. The third kappa shape index (κ3) is 8.61. The molecule has 0 saturated carbocycles. The molecule has 2 aliphatic rings. The molecule has 0 spiro atoms. The van der Waals surface area contributed by atoms with Gasteiger partial charge in [-0.15, -0.1) is 10.2 Å². The number of pyridine rings is 1. The van der Waals surface area contributed by atoms with Crippen LogP contribution in [-0.4, -0.2) is 19.7 Å². The van der Waals surface area contributed by atoms with Crippen molar-refractivity contribution < 1.29 is 0 Å². The number of rotatable bonds is 13. The molecular weight excluding hydrogens is 1030 g/mol. The summed E-state index contributed by atoms with van der Waals surface area (Å²) in [5.41, 5.74) is 24.8. The van der Waals surface area contributed by atoms with E-state index >= 15 is 0 Å². The van der Waals surface area contributed by atoms with Crippen LogP contribution in [0.25, 0.3) is 83.9 Å². The number of hydrogen-bond donors (Lipinski definition) is 0. The quantitative estimate of drug-likeness (QED) is 0.116. The summed E-state index contributed by atoms with van der Waals surface area (Å²) in [6.07, 6.45) is 4.02. The number of aromatic nitrogens is 4. The average molecular weight is 1090 g/mol. The smallest absolute Gasteiger partial charge is 0.168 e. The van der Waals surface area contributed by atoms with E-state index in [1.165, 1.54) is 77.9 Å². The number of nitrogens with zero attached hydrogens (tertiary/aromatic N) is 4. The molecule has 0 radical (unpaired) electrons. The second-order valence-corrected chi connectivity index (χ2v) is 24.2. The molecule has 0 amide bonds. The lowest BCUT2D eigenvalue weighted by molar-refractivity contribution is 0.646.